The van der Waals surface area contributed by atoms with E-state index in [1.54, 1.807) is 12.1 Å². The molecule has 0 fully saturated rings. The number of ether oxygens (including phenoxy) is 2. The quantitative estimate of drug-likeness (QED) is 0.616. The highest BCUT2D eigenvalue weighted by Gasteiger charge is 2.18. The molecule has 1 amide bonds. The first-order valence-corrected chi connectivity index (χ1v) is 9.96. The van der Waals surface area contributed by atoms with Crippen molar-refractivity contribution in [2.45, 2.75) is 4.90 Å². The van der Waals surface area contributed by atoms with Crippen molar-refractivity contribution in [3.05, 3.63) is 51.5 Å². The molecule has 0 aliphatic rings. The first-order valence-electron chi connectivity index (χ1n) is 7.24. The number of nitrogens with one attached hydrogen (secondary N) is 1. The Morgan fingerprint density at radius 3 is 2.56 bits per heavy atom. The number of carbonyl (C=O) groups is 2. The third kappa shape index (κ3) is 5.67. The lowest BCUT2D eigenvalue weighted by Gasteiger charge is -2.11. The molecule has 0 spiro atoms. The smallest absolute Gasteiger partial charge is 0.339 e. The van der Waals surface area contributed by atoms with Gasteiger partial charge in [-0.15, -0.1) is 0 Å². The SMILES string of the molecule is COc1ccc(Cl)cc1NC(=O)COC(=O)c1cc(S(N)(=O)=O)ccc1Br. The highest BCUT2D eigenvalue weighted by Crippen LogP contribution is 2.27. The van der Waals surface area contributed by atoms with Gasteiger partial charge in [-0.05, 0) is 52.3 Å². The number of carbonyl (C=O) groups excluding carboxylic acids is 2. The summed E-state index contributed by atoms with van der Waals surface area (Å²) in [4.78, 5) is 23.9. The van der Waals surface area contributed by atoms with Gasteiger partial charge in [0.25, 0.3) is 5.91 Å². The van der Waals surface area contributed by atoms with Gasteiger partial charge in [0.1, 0.15) is 5.75 Å². The van der Waals surface area contributed by atoms with Gasteiger partial charge >= 0.3 is 5.97 Å². The van der Waals surface area contributed by atoms with Crippen molar-refractivity contribution < 1.29 is 27.5 Å². The summed E-state index contributed by atoms with van der Waals surface area (Å²) in [5, 5.41) is 7.93. The number of methoxy groups -OCH3 is 1. The molecule has 2 rings (SSSR count). The standard InChI is InChI=1S/C16H14BrClN2O6S/c1-25-14-5-2-9(18)6-13(14)20-15(21)8-26-16(22)11-7-10(27(19,23)24)3-4-12(11)17/h2-7H,8H2,1H3,(H,20,21)(H2,19,23,24). The van der Waals surface area contributed by atoms with Crippen LogP contribution in [0.3, 0.4) is 0 Å². The Labute approximate surface area is 168 Å². The number of hydrogen-bond acceptors (Lipinski definition) is 6. The van der Waals surface area contributed by atoms with E-state index in [4.69, 9.17) is 26.2 Å². The van der Waals surface area contributed by atoms with Crippen LogP contribution in [-0.4, -0.2) is 34.0 Å². The summed E-state index contributed by atoms with van der Waals surface area (Å²) in [7, 11) is -2.57. The van der Waals surface area contributed by atoms with Crippen LogP contribution in [0, 0.1) is 0 Å². The Hall–Kier alpha value is -2.14. The number of sulfonamides is 1. The summed E-state index contributed by atoms with van der Waals surface area (Å²) in [5.74, 6) is -1.16. The molecule has 0 aliphatic heterocycles. The summed E-state index contributed by atoms with van der Waals surface area (Å²) in [6, 6.07) is 8.26. The van der Waals surface area contributed by atoms with Crippen LogP contribution in [0.4, 0.5) is 5.69 Å². The van der Waals surface area contributed by atoms with E-state index in [9.17, 15) is 18.0 Å². The minimum Gasteiger partial charge on any atom is -0.495 e. The molecule has 0 heterocycles. The number of rotatable bonds is 6. The second kappa shape index (κ2) is 8.70. The molecule has 0 bridgehead atoms. The lowest BCUT2D eigenvalue weighted by atomic mass is 10.2. The van der Waals surface area contributed by atoms with Crippen LogP contribution in [0.25, 0.3) is 0 Å². The van der Waals surface area contributed by atoms with Crippen molar-refractivity contribution in [2.75, 3.05) is 19.0 Å². The topological polar surface area (TPSA) is 125 Å². The van der Waals surface area contributed by atoms with E-state index in [0.29, 0.717) is 16.5 Å². The minimum atomic E-state index is -3.99. The molecule has 27 heavy (non-hydrogen) atoms. The van der Waals surface area contributed by atoms with Gasteiger partial charge in [-0.1, -0.05) is 11.6 Å². The number of benzene rings is 2. The monoisotopic (exact) mass is 476 g/mol. The van der Waals surface area contributed by atoms with Gasteiger partial charge in [0.2, 0.25) is 10.0 Å². The van der Waals surface area contributed by atoms with Crippen LogP contribution in [0.5, 0.6) is 5.75 Å². The Morgan fingerprint density at radius 1 is 1.22 bits per heavy atom. The number of hydrogen-bond donors (Lipinski definition) is 2. The fourth-order valence-electron chi connectivity index (χ4n) is 2.01. The average Bonchev–Trinajstić information content (AvgIpc) is 2.59. The van der Waals surface area contributed by atoms with Crippen molar-refractivity contribution in [1.82, 2.24) is 0 Å². The summed E-state index contributed by atoms with van der Waals surface area (Å²) in [6.07, 6.45) is 0. The molecule has 0 radical (unpaired) electrons. The van der Waals surface area contributed by atoms with Crippen LogP contribution in [0.15, 0.2) is 45.8 Å². The van der Waals surface area contributed by atoms with Gasteiger partial charge in [-0.3, -0.25) is 4.79 Å². The zero-order valence-corrected chi connectivity index (χ0v) is 17.0. The highest BCUT2D eigenvalue weighted by molar-refractivity contribution is 9.10. The maximum Gasteiger partial charge on any atom is 0.339 e. The second-order valence-electron chi connectivity index (χ2n) is 5.16. The van der Waals surface area contributed by atoms with Crippen molar-refractivity contribution in [2.24, 2.45) is 5.14 Å². The van der Waals surface area contributed by atoms with Crippen molar-refractivity contribution in [3.8, 4) is 5.75 Å². The summed E-state index contributed by atoms with van der Waals surface area (Å²) in [6.45, 7) is -0.611. The number of esters is 1. The number of nitrogens with two attached hydrogens (primary N) is 1. The largest absolute Gasteiger partial charge is 0.495 e. The highest BCUT2D eigenvalue weighted by atomic mass is 79.9. The molecule has 0 aromatic heterocycles. The molecule has 2 aromatic carbocycles. The molecule has 0 aliphatic carbocycles. The summed E-state index contributed by atoms with van der Waals surface area (Å²) in [5.41, 5.74) is 0.220. The third-order valence-electron chi connectivity index (χ3n) is 3.26. The molecule has 0 atom stereocenters. The Morgan fingerprint density at radius 2 is 1.93 bits per heavy atom. The Kier molecular flexibility index (Phi) is 6.82. The zero-order valence-electron chi connectivity index (χ0n) is 13.9. The van der Waals surface area contributed by atoms with E-state index in [1.807, 2.05) is 0 Å². The van der Waals surface area contributed by atoms with Crippen LogP contribution >= 0.6 is 27.5 Å². The van der Waals surface area contributed by atoms with Crippen LogP contribution < -0.4 is 15.2 Å². The molecule has 0 unspecified atom stereocenters. The van der Waals surface area contributed by atoms with Crippen molar-refractivity contribution >= 4 is 55.1 Å². The van der Waals surface area contributed by atoms with Crippen LogP contribution in [0.1, 0.15) is 10.4 Å². The number of primary sulfonamides is 1. The van der Waals surface area contributed by atoms with Crippen molar-refractivity contribution in [1.29, 1.82) is 0 Å². The normalized spacial score (nSPS) is 11.0. The third-order valence-corrected chi connectivity index (χ3v) is 5.09. The van der Waals surface area contributed by atoms with Crippen LogP contribution in [0.2, 0.25) is 5.02 Å². The van der Waals surface area contributed by atoms with Gasteiger partial charge in [0, 0.05) is 9.50 Å². The second-order valence-corrected chi connectivity index (χ2v) is 8.01. The summed E-state index contributed by atoms with van der Waals surface area (Å²) < 4.78 is 33.1. The van der Waals surface area contributed by atoms with E-state index in [-0.39, 0.29) is 14.9 Å². The molecule has 8 nitrogen and oxygen atoms in total. The van der Waals surface area contributed by atoms with E-state index in [1.165, 1.54) is 25.3 Å². The molecule has 3 N–H and O–H groups in total. The van der Waals surface area contributed by atoms with E-state index >= 15 is 0 Å². The predicted molar refractivity (Wildman–Crippen MR) is 102 cm³/mol. The zero-order chi connectivity index (χ0) is 20.2. The molecule has 2 aromatic rings. The molecular weight excluding hydrogens is 464 g/mol. The van der Waals surface area contributed by atoms with E-state index < -0.39 is 28.5 Å². The Balaban J connectivity index is 2.08. The first kappa shape index (κ1) is 21.2. The summed E-state index contributed by atoms with van der Waals surface area (Å²) >= 11 is 8.99. The van der Waals surface area contributed by atoms with E-state index in [0.717, 1.165) is 6.07 Å². The first-order chi connectivity index (χ1) is 12.6. The van der Waals surface area contributed by atoms with Gasteiger partial charge in [-0.25, -0.2) is 18.4 Å². The number of amides is 1. The van der Waals surface area contributed by atoms with E-state index in [2.05, 4.69) is 21.2 Å². The lowest BCUT2D eigenvalue weighted by molar-refractivity contribution is -0.119. The van der Waals surface area contributed by atoms with Gasteiger partial charge < -0.3 is 14.8 Å². The van der Waals surface area contributed by atoms with Crippen molar-refractivity contribution in [3.63, 3.8) is 0 Å². The molecular formula is C16H14BrClN2O6S. The van der Waals surface area contributed by atoms with Gasteiger partial charge in [0.15, 0.2) is 6.61 Å². The van der Waals surface area contributed by atoms with Crippen LogP contribution in [-0.2, 0) is 19.6 Å². The molecule has 144 valence electrons. The molecule has 11 heteroatoms. The van der Waals surface area contributed by atoms with Gasteiger partial charge in [0.05, 0.1) is 23.3 Å². The number of anilines is 1. The maximum absolute atomic E-state index is 12.2. The Bertz CT molecular complexity index is 996. The minimum absolute atomic E-state index is 0.0883. The predicted octanol–water partition coefficient (Wildman–Crippen LogP) is 2.55. The average molecular weight is 478 g/mol. The fraction of sp³-hybridized carbons (Fsp3) is 0.125. The molecule has 0 saturated carbocycles. The lowest BCUT2D eigenvalue weighted by Crippen LogP contribution is -2.21. The fourth-order valence-corrected chi connectivity index (χ4v) is 3.13. The molecule has 0 saturated heterocycles. The van der Waals surface area contributed by atoms with Gasteiger partial charge in [-0.2, -0.15) is 0 Å². The maximum atomic E-state index is 12.2. The number of halogens is 2.